The molecule has 0 radical (unpaired) electrons. The van der Waals surface area contributed by atoms with Gasteiger partial charge in [-0.15, -0.1) is 0 Å². The lowest BCUT2D eigenvalue weighted by Gasteiger charge is -2.39. The fourth-order valence-corrected chi connectivity index (χ4v) is 3.15. The second kappa shape index (κ2) is 12.0. The molecule has 1 aliphatic heterocycles. The molecule has 0 aromatic heterocycles. The van der Waals surface area contributed by atoms with Gasteiger partial charge < -0.3 is 44.7 Å². The fourth-order valence-electron chi connectivity index (χ4n) is 3.15. The van der Waals surface area contributed by atoms with Crippen molar-refractivity contribution in [3.63, 3.8) is 0 Å². The fraction of sp³-hybridized carbons (Fsp3) is 0.650. The third-order valence-electron chi connectivity index (χ3n) is 4.87. The summed E-state index contributed by atoms with van der Waals surface area (Å²) in [4.78, 5) is 12.0. The van der Waals surface area contributed by atoms with Gasteiger partial charge >= 0.3 is 0 Å². The van der Waals surface area contributed by atoms with Crippen LogP contribution in [0.5, 0.6) is 11.5 Å². The lowest BCUT2D eigenvalue weighted by Crippen LogP contribution is -2.59. The first-order valence-electron chi connectivity index (χ1n) is 9.81. The van der Waals surface area contributed by atoms with Crippen LogP contribution in [0.2, 0.25) is 0 Å². The quantitative estimate of drug-likeness (QED) is 0.278. The summed E-state index contributed by atoms with van der Waals surface area (Å²) in [5.41, 5.74) is 1.03. The second-order valence-corrected chi connectivity index (χ2v) is 6.96. The lowest BCUT2D eigenvalue weighted by atomic mass is 9.99. The van der Waals surface area contributed by atoms with Crippen molar-refractivity contribution in [3.05, 3.63) is 23.8 Å². The number of carbonyl (C=O) groups is 1. The van der Waals surface area contributed by atoms with Crippen LogP contribution in [0.1, 0.15) is 18.4 Å². The number of amides is 1. The summed E-state index contributed by atoms with van der Waals surface area (Å²) in [6, 6.07) is 5.63. The van der Waals surface area contributed by atoms with E-state index in [9.17, 15) is 20.1 Å². The van der Waals surface area contributed by atoms with Gasteiger partial charge in [0.2, 0.25) is 5.91 Å². The number of aliphatic hydroxyl groups excluding tert-OH is 4. The van der Waals surface area contributed by atoms with Crippen molar-refractivity contribution < 1.29 is 44.2 Å². The Morgan fingerprint density at radius 1 is 1.10 bits per heavy atom. The van der Waals surface area contributed by atoms with E-state index in [4.69, 9.17) is 24.1 Å². The predicted octanol–water partition coefficient (Wildman–Crippen LogP) is -1.04. The van der Waals surface area contributed by atoms with Crippen LogP contribution < -0.4 is 14.8 Å². The first kappa shape index (κ1) is 24.3. The molecule has 1 heterocycles. The lowest BCUT2D eigenvalue weighted by molar-refractivity contribution is -0.300. The van der Waals surface area contributed by atoms with Crippen molar-refractivity contribution in [2.24, 2.45) is 0 Å². The van der Waals surface area contributed by atoms with Crippen LogP contribution in [0.4, 0.5) is 0 Å². The van der Waals surface area contributed by atoms with E-state index < -0.39 is 37.3 Å². The third kappa shape index (κ3) is 6.53. The van der Waals surface area contributed by atoms with Crippen molar-refractivity contribution in [1.29, 1.82) is 0 Å². The molecule has 10 nitrogen and oxygen atoms in total. The minimum atomic E-state index is -1.49. The van der Waals surface area contributed by atoms with Crippen molar-refractivity contribution >= 4 is 5.91 Å². The summed E-state index contributed by atoms with van der Waals surface area (Å²) < 4.78 is 21.0. The molecule has 0 aliphatic carbocycles. The molecule has 1 aliphatic rings. The van der Waals surface area contributed by atoms with Crippen molar-refractivity contribution in [3.8, 4) is 11.5 Å². The third-order valence-corrected chi connectivity index (χ3v) is 4.87. The zero-order valence-electron chi connectivity index (χ0n) is 17.2. The molecule has 2 rings (SSSR count). The van der Waals surface area contributed by atoms with Gasteiger partial charge in [-0.2, -0.15) is 0 Å². The highest BCUT2D eigenvalue weighted by Gasteiger charge is 2.43. The molecule has 1 amide bonds. The van der Waals surface area contributed by atoms with E-state index >= 15 is 0 Å². The number of ether oxygens (including phenoxy) is 4. The standard InChI is InChI=1S/C20H31NO9/c1-27-13-7-6-12(10-14(13)28-2)4-3-5-16(23)21-8-9-29-20-19(26)18(25)17(24)15(11-22)30-20/h6-7,10,15,17-20,22,24-26H,3-5,8-9,11H2,1-2H3,(H,21,23)/t15-,17+,18+,19-,20+/m1/s1. The maximum Gasteiger partial charge on any atom is 0.220 e. The number of hydrogen-bond acceptors (Lipinski definition) is 9. The topological polar surface area (TPSA) is 147 Å². The largest absolute Gasteiger partial charge is 0.493 e. The van der Waals surface area contributed by atoms with E-state index in [0.717, 1.165) is 5.56 Å². The zero-order chi connectivity index (χ0) is 22.1. The van der Waals surface area contributed by atoms with E-state index in [1.807, 2.05) is 18.2 Å². The summed E-state index contributed by atoms with van der Waals surface area (Å²) in [6.07, 6.45) is -4.94. The van der Waals surface area contributed by atoms with Crippen LogP contribution in [0.3, 0.4) is 0 Å². The van der Waals surface area contributed by atoms with Gasteiger partial charge in [0.05, 0.1) is 27.4 Å². The van der Waals surface area contributed by atoms with Gasteiger partial charge in [-0.05, 0) is 30.5 Å². The summed E-state index contributed by atoms with van der Waals surface area (Å²) in [5, 5.41) is 41.2. The van der Waals surface area contributed by atoms with Crippen molar-refractivity contribution in [1.82, 2.24) is 5.32 Å². The summed E-state index contributed by atoms with van der Waals surface area (Å²) >= 11 is 0. The van der Waals surface area contributed by atoms with E-state index in [2.05, 4.69) is 5.32 Å². The summed E-state index contributed by atoms with van der Waals surface area (Å²) in [6.45, 7) is -0.310. The molecule has 0 bridgehead atoms. The molecule has 0 saturated carbocycles. The second-order valence-electron chi connectivity index (χ2n) is 6.96. The Kier molecular flexibility index (Phi) is 9.76. The van der Waals surface area contributed by atoms with Crippen LogP contribution in [-0.4, -0.2) is 91.0 Å². The molecule has 1 aromatic rings. The number of rotatable bonds is 11. The van der Waals surface area contributed by atoms with Crippen molar-refractivity contribution in [2.45, 2.75) is 50.0 Å². The average molecular weight is 429 g/mol. The van der Waals surface area contributed by atoms with E-state index in [0.29, 0.717) is 30.8 Å². The predicted molar refractivity (Wildman–Crippen MR) is 105 cm³/mol. The van der Waals surface area contributed by atoms with Gasteiger partial charge in [0.25, 0.3) is 0 Å². The maximum atomic E-state index is 12.0. The first-order valence-corrected chi connectivity index (χ1v) is 9.81. The Morgan fingerprint density at radius 3 is 2.50 bits per heavy atom. The monoisotopic (exact) mass is 429 g/mol. The number of aliphatic hydroxyl groups is 4. The number of methoxy groups -OCH3 is 2. The van der Waals surface area contributed by atoms with Crippen LogP contribution in [0, 0.1) is 0 Å². The smallest absolute Gasteiger partial charge is 0.220 e. The molecule has 1 fully saturated rings. The Labute approximate surface area is 175 Å². The first-order chi connectivity index (χ1) is 14.4. The highest BCUT2D eigenvalue weighted by Crippen LogP contribution is 2.28. The van der Waals surface area contributed by atoms with Gasteiger partial charge in [-0.25, -0.2) is 0 Å². The number of carbonyl (C=O) groups excluding carboxylic acids is 1. The van der Waals surface area contributed by atoms with Gasteiger partial charge in [0.15, 0.2) is 17.8 Å². The molecular formula is C20H31NO9. The number of aryl methyl sites for hydroxylation is 1. The van der Waals surface area contributed by atoms with E-state index in [1.54, 1.807) is 14.2 Å². The van der Waals surface area contributed by atoms with Gasteiger partial charge in [0, 0.05) is 13.0 Å². The van der Waals surface area contributed by atoms with E-state index in [-0.39, 0.29) is 19.1 Å². The number of nitrogens with one attached hydrogen (secondary N) is 1. The van der Waals surface area contributed by atoms with Crippen LogP contribution >= 0.6 is 0 Å². The average Bonchev–Trinajstić information content (AvgIpc) is 2.76. The van der Waals surface area contributed by atoms with Gasteiger partial charge in [-0.3, -0.25) is 4.79 Å². The molecule has 170 valence electrons. The number of hydrogen-bond donors (Lipinski definition) is 5. The molecular weight excluding hydrogens is 398 g/mol. The molecule has 5 atom stereocenters. The molecule has 0 unspecified atom stereocenters. The Balaban J connectivity index is 1.66. The van der Waals surface area contributed by atoms with Crippen LogP contribution in [0.15, 0.2) is 18.2 Å². The maximum absolute atomic E-state index is 12.0. The molecule has 30 heavy (non-hydrogen) atoms. The SMILES string of the molecule is COc1ccc(CCCC(=O)NCCO[C@H]2O[C@H](CO)[C@H](O)[C@H](O)[C@H]2O)cc1OC. The van der Waals surface area contributed by atoms with Crippen molar-refractivity contribution in [2.75, 3.05) is 34.0 Å². The molecule has 0 spiro atoms. The van der Waals surface area contributed by atoms with Crippen LogP contribution in [-0.2, 0) is 20.7 Å². The van der Waals surface area contributed by atoms with E-state index in [1.165, 1.54) is 0 Å². The Bertz CT molecular complexity index is 670. The van der Waals surface area contributed by atoms with Crippen LogP contribution in [0.25, 0.3) is 0 Å². The van der Waals surface area contributed by atoms with Gasteiger partial charge in [0.1, 0.15) is 24.4 Å². The van der Waals surface area contributed by atoms with Gasteiger partial charge in [-0.1, -0.05) is 6.07 Å². The minimum absolute atomic E-state index is 0.0319. The molecule has 1 aromatic carbocycles. The number of benzene rings is 1. The summed E-state index contributed by atoms with van der Waals surface area (Å²) in [7, 11) is 3.14. The molecule has 5 N–H and O–H groups in total. The Morgan fingerprint density at radius 2 is 1.83 bits per heavy atom. The molecule has 1 saturated heterocycles. The Hall–Kier alpha value is -1.95. The summed E-state index contributed by atoms with van der Waals surface area (Å²) in [5.74, 6) is 1.15. The normalized spacial score (nSPS) is 26.3. The molecule has 10 heteroatoms. The zero-order valence-corrected chi connectivity index (χ0v) is 17.2. The highest BCUT2D eigenvalue weighted by molar-refractivity contribution is 5.75. The minimum Gasteiger partial charge on any atom is -0.493 e. The highest BCUT2D eigenvalue weighted by atomic mass is 16.7.